The molecule has 0 fully saturated rings. The number of hydrogen-bond donors (Lipinski definition) is 0. The lowest BCUT2D eigenvalue weighted by Gasteiger charge is -2.27. The van der Waals surface area contributed by atoms with Gasteiger partial charge in [-0.15, -0.1) is 0 Å². The van der Waals surface area contributed by atoms with Crippen molar-refractivity contribution in [3.63, 3.8) is 0 Å². The number of nitrogens with zero attached hydrogens (tertiary/aromatic N) is 2. The summed E-state index contributed by atoms with van der Waals surface area (Å²) in [4.78, 5) is 30.5. The Morgan fingerprint density at radius 3 is 2.58 bits per heavy atom. The van der Waals surface area contributed by atoms with E-state index >= 15 is 0 Å². The van der Waals surface area contributed by atoms with Gasteiger partial charge in [0.05, 0.1) is 11.8 Å². The Bertz CT molecular complexity index is 1200. The van der Waals surface area contributed by atoms with Gasteiger partial charge in [0, 0.05) is 11.1 Å². The third-order valence-electron chi connectivity index (χ3n) is 4.49. The molecule has 3 aromatic rings. The monoisotopic (exact) mass is 458 g/mol. The highest BCUT2D eigenvalue weighted by Gasteiger charge is 2.31. The summed E-state index contributed by atoms with van der Waals surface area (Å²) in [5.74, 6) is -1.42. The molecular weight excluding hydrogens is 440 g/mol. The maximum absolute atomic E-state index is 12.8. The van der Waals surface area contributed by atoms with Crippen LogP contribution in [0.1, 0.15) is 0 Å². The molecular formula is C21H18N2O6S2. The highest BCUT2D eigenvalue weighted by Crippen LogP contribution is 2.24. The lowest BCUT2D eigenvalue weighted by molar-refractivity contribution is -0.145. The molecule has 0 radical (unpaired) electrons. The van der Waals surface area contributed by atoms with Crippen molar-refractivity contribution in [2.24, 2.45) is 0 Å². The maximum atomic E-state index is 12.8. The van der Waals surface area contributed by atoms with Crippen LogP contribution in [0.25, 0.3) is 11.1 Å². The van der Waals surface area contributed by atoms with Crippen LogP contribution in [0.4, 0.5) is 5.69 Å². The predicted molar refractivity (Wildman–Crippen MR) is 116 cm³/mol. The number of ether oxygens (including phenoxy) is 1. The number of thioether (sulfide) groups is 1. The van der Waals surface area contributed by atoms with Gasteiger partial charge >= 0.3 is 5.97 Å². The fraction of sp³-hybridized carbons (Fsp3) is 0.190. The van der Waals surface area contributed by atoms with Crippen LogP contribution in [0.3, 0.4) is 0 Å². The largest absolute Gasteiger partial charge is 0.455 e. The number of para-hydroxylation sites is 3. The van der Waals surface area contributed by atoms with Crippen molar-refractivity contribution in [2.45, 2.75) is 11.3 Å². The first-order chi connectivity index (χ1) is 14.9. The van der Waals surface area contributed by atoms with E-state index in [1.807, 2.05) is 12.1 Å². The molecule has 10 heteroatoms. The topological polar surface area (TPSA) is 107 Å². The molecule has 160 valence electrons. The summed E-state index contributed by atoms with van der Waals surface area (Å²) in [5.41, 5.74) is 1.83. The first kappa shape index (κ1) is 21.1. The molecule has 2 aromatic carbocycles. The number of oxazole rings is 1. The third-order valence-corrected chi connectivity index (χ3v) is 6.67. The molecule has 1 atom stereocenters. The molecule has 2 heterocycles. The highest BCUT2D eigenvalue weighted by atomic mass is 32.2. The van der Waals surface area contributed by atoms with E-state index in [1.54, 1.807) is 42.5 Å². The zero-order valence-electron chi connectivity index (χ0n) is 16.2. The summed E-state index contributed by atoms with van der Waals surface area (Å²) >= 11 is 1.07. The minimum atomic E-state index is -3.37. The van der Waals surface area contributed by atoms with E-state index in [-0.39, 0.29) is 11.5 Å². The van der Waals surface area contributed by atoms with Gasteiger partial charge in [-0.05, 0) is 30.3 Å². The molecule has 8 nitrogen and oxygen atoms in total. The molecule has 4 rings (SSSR count). The number of carbonyl (C=O) groups excluding carboxylic acids is 2. The minimum Gasteiger partial charge on any atom is -0.455 e. The predicted octanol–water partition coefficient (Wildman–Crippen LogP) is 2.81. The van der Waals surface area contributed by atoms with Crippen LogP contribution in [0.2, 0.25) is 0 Å². The molecule has 0 N–H and O–H groups in total. The summed E-state index contributed by atoms with van der Waals surface area (Å²) in [6, 6.07) is 15.2. The first-order valence-corrected chi connectivity index (χ1v) is 12.0. The lowest BCUT2D eigenvalue weighted by Crippen LogP contribution is -2.43. The lowest BCUT2D eigenvalue weighted by atomic mass is 10.2. The van der Waals surface area contributed by atoms with Crippen molar-refractivity contribution in [1.29, 1.82) is 0 Å². The highest BCUT2D eigenvalue weighted by molar-refractivity contribution is 7.99. The molecule has 1 unspecified atom stereocenters. The molecule has 1 aliphatic heterocycles. The van der Waals surface area contributed by atoms with Crippen LogP contribution in [0.5, 0.6) is 0 Å². The van der Waals surface area contributed by atoms with E-state index in [9.17, 15) is 18.0 Å². The van der Waals surface area contributed by atoms with E-state index in [0.717, 1.165) is 17.2 Å². The van der Waals surface area contributed by atoms with E-state index in [0.29, 0.717) is 22.0 Å². The number of hydrogen-bond acceptors (Lipinski definition) is 8. The number of carbonyl (C=O) groups is 2. The molecule has 0 spiro atoms. The van der Waals surface area contributed by atoms with E-state index in [1.165, 1.54) is 11.0 Å². The summed E-state index contributed by atoms with van der Waals surface area (Å²) in [6.07, 6.45) is 1.46. The third kappa shape index (κ3) is 5.15. The summed E-state index contributed by atoms with van der Waals surface area (Å²) < 4.78 is 34.3. The number of anilines is 1. The van der Waals surface area contributed by atoms with Crippen molar-refractivity contribution in [2.75, 3.05) is 23.0 Å². The maximum Gasteiger partial charge on any atom is 0.316 e. The average Bonchev–Trinajstić information content (AvgIpc) is 3.34. The number of amides is 1. The summed E-state index contributed by atoms with van der Waals surface area (Å²) in [7, 11) is -3.37. The standard InChI is InChI=1S/C21H18N2O6S2/c24-19(23(15-6-2-1-3-7-15)16-10-11-31(26,27)14-16)12-28-20(25)13-30-21-22-17-8-4-5-9-18(17)29-21/h1-11,16H,12-14H2. The second-order valence-electron chi connectivity index (χ2n) is 6.72. The smallest absolute Gasteiger partial charge is 0.316 e. The van der Waals surface area contributed by atoms with Gasteiger partial charge < -0.3 is 14.1 Å². The number of rotatable bonds is 7. The molecule has 0 saturated carbocycles. The van der Waals surface area contributed by atoms with Crippen molar-refractivity contribution < 1.29 is 27.2 Å². The zero-order chi connectivity index (χ0) is 21.8. The van der Waals surface area contributed by atoms with Gasteiger partial charge in [-0.25, -0.2) is 13.4 Å². The number of esters is 1. The molecule has 1 amide bonds. The Labute approximate surface area is 182 Å². The first-order valence-electron chi connectivity index (χ1n) is 9.33. The normalized spacial score (nSPS) is 17.0. The van der Waals surface area contributed by atoms with Crippen molar-refractivity contribution >= 4 is 50.3 Å². The second kappa shape index (κ2) is 8.94. The van der Waals surface area contributed by atoms with E-state index in [4.69, 9.17) is 9.15 Å². The summed E-state index contributed by atoms with van der Waals surface area (Å²) in [5, 5.41) is 1.43. The van der Waals surface area contributed by atoms with Gasteiger partial charge in [0.25, 0.3) is 11.1 Å². The Balaban J connectivity index is 1.37. The van der Waals surface area contributed by atoms with Crippen LogP contribution < -0.4 is 4.90 Å². The quantitative estimate of drug-likeness (QED) is 0.393. The molecule has 31 heavy (non-hydrogen) atoms. The van der Waals surface area contributed by atoms with Gasteiger partial charge in [0.1, 0.15) is 11.3 Å². The van der Waals surface area contributed by atoms with Gasteiger partial charge in [0.15, 0.2) is 22.0 Å². The van der Waals surface area contributed by atoms with Crippen LogP contribution in [-0.2, 0) is 24.2 Å². The fourth-order valence-corrected chi connectivity index (χ4v) is 5.02. The molecule has 1 aromatic heterocycles. The van der Waals surface area contributed by atoms with Crippen LogP contribution in [0.15, 0.2) is 75.7 Å². The minimum absolute atomic E-state index is 0.0802. The van der Waals surface area contributed by atoms with Crippen LogP contribution in [0, 0.1) is 0 Å². The van der Waals surface area contributed by atoms with Crippen molar-refractivity contribution in [1.82, 2.24) is 4.98 Å². The Morgan fingerprint density at radius 1 is 1.13 bits per heavy atom. The Morgan fingerprint density at radius 2 is 1.87 bits per heavy atom. The summed E-state index contributed by atoms with van der Waals surface area (Å²) in [6.45, 7) is -0.508. The Kier molecular flexibility index (Phi) is 6.10. The van der Waals surface area contributed by atoms with E-state index in [2.05, 4.69) is 4.98 Å². The second-order valence-corrected chi connectivity index (χ2v) is 9.58. The van der Waals surface area contributed by atoms with Gasteiger partial charge in [-0.1, -0.05) is 42.1 Å². The van der Waals surface area contributed by atoms with Crippen molar-refractivity contribution in [3.8, 4) is 0 Å². The number of sulfone groups is 1. The molecule has 1 aliphatic rings. The van der Waals surface area contributed by atoms with Gasteiger partial charge in [-0.2, -0.15) is 0 Å². The fourth-order valence-electron chi connectivity index (χ4n) is 3.12. The number of aromatic nitrogens is 1. The van der Waals surface area contributed by atoms with E-state index < -0.39 is 34.4 Å². The Hall–Kier alpha value is -3.11. The molecule has 0 saturated heterocycles. The molecule has 0 aliphatic carbocycles. The molecule has 0 bridgehead atoms. The van der Waals surface area contributed by atoms with Crippen LogP contribution in [-0.4, -0.2) is 49.4 Å². The van der Waals surface area contributed by atoms with Crippen LogP contribution >= 0.6 is 11.8 Å². The average molecular weight is 459 g/mol. The van der Waals surface area contributed by atoms with Gasteiger partial charge in [0.2, 0.25) is 0 Å². The zero-order valence-corrected chi connectivity index (χ0v) is 17.8. The van der Waals surface area contributed by atoms with Gasteiger partial charge in [-0.3, -0.25) is 9.59 Å². The van der Waals surface area contributed by atoms with Crippen molar-refractivity contribution in [3.05, 3.63) is 66.1 Å². The SMILES string of the molecule is O=C(CSc1nc2ccccc2o1)OCC(=O)N(c1ccccc1)C1C=CS(=O)(=O)C1. The number of benzene rings is 2. The number of fused-ring (bicyclic) bond motifs is 1.